The average Bonchev–Trinajstić information content (AvgIpc) is 3.14. The van der Waals surface area contributed by atoms with Crippen LogP contribution in [0.2, 0.25) is 0 Å². The zero-order valence-electron chi connectivity index (χ0n) is 15.1. The number of fused-ring (bicyclic) bond motifs is 3. The molecule has 2 aromatic rings. The quantitative estimate of drug-likeness (QED) is 0.878. The van der Waals surface area contributed by atoms with Gasteiger partial charge in [-0.1, -0.05) is 12.1 Å². The maximum atomic E-state index is 12.2. The van der Waals surface area contributed by atoms with Crippen LogP contribution in [-0.4, -0.2) is 57.5 Å². The van der Waals surface area contributed by atoms with Crippen molar-refractivity contribution in [3.63, 3.8) is 0 Å². The van der Waals surface area contributed by atoms with Gasteiger partial charge in [0.1, 0.15) is 23.7 Å². The molecule has 1 fully saturated rings. The molecule has 26 heavy (non-hydrogen) atoms. The predicted octanol–water partition coefficient (Wildman–Crippen LogP) is 1.19. The Bertz CT molecular complexity index is 865. The van der Waals surface area contributed by atoms with Gasteiger partial charge < -0.3 is 14.6 Å². The molecule has 0 amide bonds. The van der Waals surface area contributed by atoms with Gasteiger partial charge in [-0.2, -0.15) is 5.10 Å². The zero-order chi connectivity index (χ0) is 18.5. The third-order valence-electron chi connectivity index (χ3n) is 5.44. The molecule has 1 saturated heterocycles. The Kier molecular flexibility index (Phi) is 3.87. The van der Waals surface area contributed by atoms with Crippen LogP contribution in [-0.2, 0) is 18.4 Å². The molecular weight excluding hydrogens is 336 g/mol. The highest BCUT2D eigenvalue weighted by molar-refractivity contribution is 5.78. The lowest BCUT2D eigenvalue weighted by Crippen LogP contribution is -2.45. The van der Waals surface area contributed by atoms with Crippen molar-refractivity contribution in [3.8, 4) is 11.5 Å². The lowest BCUT2D eigenvalue weighted by atomic mass is 9.73. The second kappa shape index (κ2) is 5.98. The second-order valence-corrected chi connectivity index (χ2v) is 7.05. The van der Waals surface area contributed by atoms with Crippen molar-refractivity contribution < 1.29 is 19.4 Å². The molecular formula is C18H22N4O4. The first kappa shape index (κ1) is 16.8. The van der Waals surface area contributed by atoms with Crippen molar-refractivity contribution in [3.05, 3.63) is 35.4 Å². The van der Waals surface area contributed by atoms with Crippen LogP contribution in [0.1, 0.15) is 23.1 Å². The Morgan fingerprint density at radius 1 is 1.50 bits per heavy atom. The van der Waals surface area contributed by atoms with E-state index in [0.717, 1.165) is 11.4 Å². The van der Waals surface area contributed by atoms with E-state index in [-0.39, 0.29) is 12.5 Å². The van der Waals surface area contributed by atoms with Crippen LogP contribution in [0.25, 0.3) is 0 Å². The minimum Gasteiger partial charge on any atom is -0.493 e. The number of rotatable bonds is 4. The fourth-order valence-electron chi connectivity index (χ4n) is 4.17. The summed E-state index contributed by atoms with van der Waals surface area (Å²) in [4.78, 5) is 18.8. The number of carbonyl (C=O) groups is 1. The van der Waals surface area contributed by atoms with E-state index in [2.05, 4.69) is 15.0 Å². The van der Waals surface area contributed by atoms with Crippen LogP contribution in [0.3, 0.4) is 0 Å². The normalized spacial score (nSPS) is 24.7. The third-order valence-corrected chi connectivity index (χ3v) is 5.44. The highest BCUT2D eigenvalue weighted by Crippen LogP contribution is 2.52. The molecule has 0 radical (unpaired) electrons. The fraction of sp³-hybridized carbons (Fsp3) is 0.500. The summed E-state index contributed by atoms with van der Waals surface area (Å²) < 4.78 is 13.0. The number of aromatic nitrogens is 3. The number of ether oxygens (including phenoxy) is 2. The zero-order valence-corrected chi connectivity index (χ0v) is 15.1. The number of benzene rings is 1. The van der Waals surface area contributed by atoms with Crippen LogP contribution in [0.15, 0.2) is 18.2 Å². The van der Waals surface area contributed by atoms with Crippen LogP contribution in [0.4, 0.5) is 0 Å². The molecule has 0 bridgehead atoms. The number of hydrogen-bond donors (Lipinski definition) is 1. The van der Waals surface area contributed by atoms with E-state index >= 15 is 0 Å². The molecule has 2 atom stereocenters. The number of nitrogens with zero attached hydrogens (tertiary/aromatic N) is 4. The summed E-state index contributed by atoms with van der Waals surface area (Å²) in [5.41, 5.74) is -0.0675. The van der Waals surface area contributed by atoms with Gasteiger partial charge in [-0.3, -0.25) is 14.4 Å². The number of carboxylic acids is 1. The molecule has 4 rings (SSSR count). The van der Waals surface area contributed by atoms with E-state index in [1.165, 1.54) is 0 Å². The summed E-state index contributed by atoms with van der Waals surface area (Å²) in [6.07, 6.45) is 0. The smallest absolute Gasteiger partial charge is 0.315 e. The molecule has 3 heterocycles. The summed E-state index contributed by atoms with van der Waals surface area (Å²) in [5.74, 6) is 1.86. The summed E-state index contributed by atoms with van der Waals surface area (Å²) >= 11 is 0. The van der Waals surface area contributed by atoms with Gasteiger partial charge in [-0.15, -0.1) is 0 Å². The van der Waals surface area contributed by atoms with Gasteiger partial charge in [-0.25, -0.2) is 4.98 Å². The predicted molar refractivity (Wildman–Crippen MR) is 92.3 cm³/mol. The number of hydrogen-bond acceptors (Lipinski definition) is 6. The molecule has 8 heteroatoms. The Morgan fingerprint density at radius 2 is 2.31 bits per heavy atom. The SMILES string of the molecule is COc1cccc2c1OCC1(C(=O)O)CN(Cc3nc(C)nn3C)CC21. The molecule has 1 aromatic heterocycles. The molecule has 0 aliphatic carbocycles. The van der Waals surface area contributed by atoms with Crippen LogP contribution < -0.4 is 9.47 Å². The van der Waals surface area contributed by atoms with Crippen molar-refractivity contribution in [1.82, 2.24) is 19.7 Å². The average molecular weight is 358 g/mol. The minimum atomic E-state index is -0.965. The molecule has 138 valence electrons. The van der Waals surface area contributed by atoms with Crippen molar-refractivity contribution in [2.45, 2.75) is 19.4 Å². The maximum absolute atomic E-state index is 12.2. The number of likely N-dealkylation sites (tertiary alicyclic amines) is 1. The van der Waals surface area contributed by atoms with E-state index in [1.807, 2.05) is 32.2 Å². The lowest BCUT2D eigenvalue weighted by molar-refractivity contribution is -0.152. The van der Waals surface area contributed by atoms with Crippen molar-refractivity contribution >= 4 is 5.97 Å². The number of aryl methyl sites for hydroxylation is 2. The first-order chi connectivity index (χ1) is 12.4. The van der Waals surface area contributed by atoms with E-state index in [9.17, 15) is 9.90 Å². The summed E-state index contributed by atoms with van der Waals surface area (Å²) in [5, 5.41) is 14.3. The summed E-state index contributed by atoms with van der Waals surface area (Å²) in [6.45, 7) is 3.58. The van der Waals surface area contributed by atoms with Crippen LogP contribution in [0, 0.1) is 12.3 Å². The van der Waals surface area contributed by atoms with Crippen molar-refractivity contribution in [2.75, 3.05) is 26.8 Å². The largest absolute Gasteiger partial charge is 0.493 e. The van der Waals surface area contributed by atoms with Gasteiger partial charge >= 0.3 is 5.97 Å². The number of aliphatic carboxylic acids is 1. The van der Waals surface area contributed by atoms with Gasteiger partial charge in [0.15, 0.2) is 11.5 Å². The molecule has 1 aromatic carbocycles. The second-order valence-electron chi connectivity index (χ2n) is 7.05. The van der Waals surface area contributed by atoms with Gasteiger partial charge in [0.25, 0.3) is 0 Å². The molecule has 0 saturated carbocycles. The molecule has 1 N–H and O–H groups in total. The van der Waals surface area contributed by atoms with Crippen molar-refractivity contribution in [2.24, 2.45) is 12.5 Å². The first-order valence-electron chi connectivity index (χ1n) is 8.56. The number of carboxylic acid groups (broad SMARTS) is 1. The third kappa shape index (κ3) is 2.44. The van der Waals surface area contributed by atoms with Crippen molar-refractivity contribution in [1.29, 1.82) is 0 Å². The Morgan fingerprint density at radius 3 is 2.96 bits per heavy atom. The topological polar surface area (TPSA) is 89.7 Å². The summed E-state index contributed by atoms with van der Waals surface area (Å²) in [6, 6.07) is 5.66. The van der Waals surface area contributed by atoms with Crippen LogP contribution in [0.5, 0.6) is 11.5 Å². The van der Waals surface area contributed by atoms with Gasteiger partial charge in [-0.05, 0) is 13.0 Å². The number of methoxy groups -OCH3 is 1. The molecule has 2 unspecified atom stereocenters. The fourth-order valence-corrected chi connectivity index (χ4v) is 4.17. The van der Waals surface area contributed by atoms with Gasteiger partial charge in [0.05, 0.1) is 13.7 Å². The highest BCUT2D eigenvalue weighted by Gasteiger charge is 2.57. The maximum Gasteiger partial charge on any atom is 0.315 e. The monoisotopic (exact) mass is 358 g/mol. The molecule has 8 nitrogen and oxygen atoms in total. The van der Waals surface area contributed by atoms with E-state index in [4.69, 9.17) is 9.47 Å². The van der Waals surface area contributed by atoms with Crippen LogP contribution >= 0.6 is 0 Å². The first-order valence-corrected chi connectivity index (χ1v) is 8.56. The molecule has 2 aliphatic rings. The minimum absolute atomic E-state index is 0.134. The molecule has 2 aliphatic heterocycles. The van der Waals surface area contributed by atoms with Gasteiger partial charge in [0, 0.05) is 31.6 Å². The van der Waals surface area contributed by atoms with E-state index in [1.54, 1.807) is 11.8 Å². The standard InChI is InChI=1S/C18H22N4O4/c1-11-19-15(21(2)20-11)8-22-7-13-12-5-4-6-14(25-3)16(12)26-10-18(13,9-22)17(23)24/h4-6,13H,7-10H2,1-3H3,(H,23,24). The van der Waals surface area contributed by atoms with E-state index < -0.39 is 11.4 Å². The van der Waals surface area contributed by atoms with Gasteiger partial charge in [0.2, 0.25) is 0 Å². The molecule has 0 spiro atoms. The van der Waals surface area contributed by atoms with E-state index in [0.29, 0.717) is 37.0 Å². The Balaban J connectivity index is 1.69. The lowest BCUT2D eigenvalue weighted by Gasteiger charge is -2.36. The number of para-hydroxylation sites is 1. The highest BCUT2D eigenvalue weighted by atomic mass is 16.5. The Hall–Kier alpha value is -2.61. The summed E-state index contributed by atoms with van der Waals surface area (Å²) in [7, 11) is 3.45. The Labute approximate surface area is 151 Å².